The number of aryl methyl sites for hydroxylation is 2. The van der Waals surface area contributed by atoms with Crippen LogP contribution in [-0.4, -0.2) is 47.1 Å². The highest BCUT2D eigenvalue weighted by Gasteiger charge is 2.21. The van der Waals surface area contributed by atoms with Crippen molar-refractivity contribution in [2.75, 3.05) is 25.0 Å². The molecule has 1 aliphatic rings. The quantitative estimate of drug-likeness (QED) is 0.540. The van der Waals surface area contributed by atoms with Gasteiger partial charge in [0.05, 0.1) is 6.54 Å². The van der Waals surface area contributed by atoms with Gasteiger partial charge in [-0.25, -0.2) is 4.39 Å². The fourth-order valence-electron chi connectivity index (χ4n) is 3.46. The van der Waals surface area contributed by atoms with Crippen LogP contribution in [-0.2, 0) is 9.59 Å². The first-order valence-electron chi connectivity index (χ1n) is 10.6. The molecule has 1 aliphatic heterocycles. The summed E-state index contributed by atoms with van der Waals surface area (Å²) in [4.78, 5) is 46.7. The smallest absolute Gasteiger partial charge is 0.300 e. The minimum absolute atomic E-state index is 0.0424. The fraction of sp³-hybridized carbons (Fsp3) is 0.391. The zero-order chi connectivity index (χ0) is 24.5. The van der Waals surface area contributed by atoms with Crippen molar-refractivity contribution in [1.82, 2.24) is 15.2 Å². The lowest BCUT2D eigenvalue weighted by Crippen LogP contribution is -2.40. The number of hydrogen-bond acceptors (Lipinski definition) is 5. The first-order chi connectivity index (χ1) is 15.6. The van der Waals surface area contributed by atoms with Gasteiger partial charge in [0.25, 0.3) is 17.4 Å². The van der Waals surface area contributed by atoms with Crippen molar-refractivity contribution in [2.24, 2.45) is 0 Å². The molecule has 1 fully saturated rings. The van der Waals surface area contributed by atoms with E-state index in [4.69, 9.17) is 9.90 Å². The van der Waals surface area contributed by atoms with Gasteiger partial charge in [0, 0.05) is 24.8 Å². The zero-order valence-electron chi connectivity index (χ0n) is 18.9. The normalized spacial score (nSPS) is 13.5. The molecule has 2 aromatic rings. The molecule has 0 aliphatic carbocycles. The molecule has 1 saturated heterocycles. The third-order valence-electron chi connectivity index (χ3n) is 5.14. The maximum atomic E-state index is 13.4. The Balaban J connectivity index is 0.000000890. The van der Waals surface area contributed by atoms with E-state index in [1.165, 1.54) is 12.1 Å². The Labute approximate surface area is 191 Å². The summed E-state index contributed by atoms with van der Waals surface area (Å²) >= 11 is 0. The maximum absolute atomic E-state index is 13.4. The number of anilines is 1. The Hall–Kier alpha value is -3.53. The van der Waals surface area contributed by atoms with Crippen LogP contribution in [0.4, 0.5) is 10.1 Å². The Bertz CT molecular complexity index is 1070. The lowest BCUT2D eigenvalue weighted by molar-refractivity contribution is -0.134. The number of carboxylic acids is 1. The molecule has 4 N–H and O–H groups in total. The molecule has 10 heteroatoms. The summed E-state index contributed by atoms with van der Waals surface area (Å²) in [5.74, 6) is -2.39. The number of carboxylic acid groups (broad SMARTS) is 1. The lowest BCUT2D eigenvalue weighted by Gasteiger charge is -2.25. The Morgan fingerprint density at radius 2 is 1.79 bits per heavy atom. The van der Waals surface area contributed by atoms with Crippen LogP contribution in [0.5, 0.6) is 0 Å². The van der Waals surface area contributed by atoms with Gasteiger partial charge in [-0.05, 0) is 69.1 Å². The van der Waals surface area contributed by atoms with Crippen LogP contribution in [0.25, 0.3) is 0 Å². The van der Waals surface area contributed by atoms with Crippen LogP contribution in [0.3, 0.4) is 0 Å². The van der Waals surface area contributed by atoms with E-state index in [1.807, 2.05) is 0 Å². The van der Waals surface area contributed by atoms with Gasteiger partial charge in [0.2, 0.25) is 5.91 Å². The second-order valence-corrected chi connectivity index (χ2v) is 7.78. The second-order valence-electron chi connectivity index (χ2n) is 7.78. The van der Waals surface area contributed by atoms with Crippen molar-refractivity contribution >= 4 is 23.5 Å². The van der Waals surface area contributed by atoms with Gasteiger partial charge in [0.15, 0.2) is 0 Å². The maximum Gasteiger partial charge on any atom is 0.300 e. The van der Waals surface area contributed by atoms with Gasteiger partial charge < -0.3 is 25.6 Å². The van der Waals surface area contributed by atoms with Crippen molar-refractivity contribution < 1.29 is 23.9 Å². The molecule has 0 unspecified atom stereocenters. The van der Waals surface area contributed by atoms with Gasteiger partial charge in [-0.3, -0.25) is 19.2 Å². The molecule has 1 aromatic heterocycles. The Morgan fingerprint density at radius 3 is 2.42 bits per heavy atom. The van der Waals surface area contributed by atoms with E-state index < -0.39 is 23.6 Å². The van der Waals surface area contributed by atoms with Gasteiger partial charge >= 0.3 is 0 Å². The van der Waals surface area contributed by atoms with E-state index in [-0.39, 0.29) is 23.7 Å². The van der Waals surface area contributed by atoms with Crippen molar-refractivity contribution in [3.63, 3.8) is 0 Å². The molecular formula is C23H29FN4O5. The molecule has 9 nitrogen and oxygen atoms in total. The van der Waals surface area contributed by atoms with Gasteiger partial charge in [-0.2, -0.15) is 0 Å². The number of halogens is 1. The van der Waals surface area contributed by atoms with Gasteiger partial charge in [0.1, 0.15) is 11.4 Å². The van der Waals surface area contributed by atoms with Crippen molar-refractivity contribution in [2.45, 2.75) is 39.7 Å². The molecule has 0 atom stereocenters. The number of pyridine rings is 1. The van der Waals surface area contributed by atoms with E-state index in [0.29, 0.717) is 16.8 Å². The summed E-state index contributed by atoms with van der Waals surface area (Å²) in [5, 5.41) is 15.7. The summed E-state index contributed by atoms with van der Waals surface area (Å²) in [7, 11) is 0. The Morgan fingerprint density at radius 1 is 1.15 bits per heavy atom. The van der Waals surface area contributed by atoms with Gasteiger partial charge in [-0.15, -0.1) is 0 Å². The number of benzene rings is 1. The molecule has 1 aromatic carbocycles. The largest absolute Gasteiger partial charge is 0.481 e. The molecule has 178 valence electrons. The van der Waals surface area contributed by atoms with E-state index in [0.717, 1.165) is 32.9 Å². The number of carbonyl (C=O) groups excluding carboxylic acids is 2. The third kappa shape index (κ3) is 7.53. The molecular weight excluding hydrogens is 431 g/mol. The first-order valence-corrected chi connectivity index (χ1v) is 10.6. The molecule has 0 radical (unpaired) electrons. The van der Waals surface area contributed by atoms with Crippen LogP contribution >= 0.6 is 0 Å². The van der Waals surface area contributed by atoms with E-state index in [9.17, 15) is 18.8 Å². The predicted octanol–water partition coefficient (Wildman–Crippen LogP) is 1.99. The molecule has 0 spiro atoms. The summed E-state index contributed by atoms with van der Waals surface area (Å²) in [6.07, 6.45) is 3.36. The number of aromatic nitrogens is 1. The van der Waals surface area contributed by atoms with Crippen molar-refractivity contribution in [3.05, 3.63) is 63.3 Å². The van der Waals surface area contributed by atoms with Crippen LogP contribution in [0, 0.1) is 19.7 Å². The van der Waals surface area contributed by atoms with E-state index >= 15 is 0 Å². The highest BCUT2D eigenvalue weighted by molar-refractivity contribution is 6.00. The van der Waals surface area contributed by atoms with Crippen LogP contribution in [0.1, 0.15) is 47.3 Å². The molecule has 2 heterocycles. The predicted molar refractivity (Wildman–Crippen MR) is 122 cm³/mol. The molecule has 33 heavy (non-hydrogen) atoms. The Kier molecular flexibility index (Phi) is 9.29. The second kappa shape index (κ2) is 11.9. The molecule has 2 amide bonds. The number of rotatable bonds is 5. The lowest BCUT2D eigenvalue weighted by atomic mass is 10.0. The van der Waals surface area contributed by atoms with E-state index in [2.05, 4.69) is 16.0 Å². The minimum atomic E-state index is -0.833. The number of aliphatic carboxylic acids is 1. The van der Waals surface area contributed by atoms with Crippen molar-refractivity contribution in [1.29, 1.82) is 0 Å². The highest BCUT2D eigenvalue weighted by Crippen LogP contribution is 2.18. The highest BCUT2D eigenvalue weighted by atomic mass is 19.1. The average Bonchev–Trinajstić information content (AvgIpc) is 2.75. The monoisotopic (exact) mass is 460 g/mol. The number of carbonyl (C=O) groups is 3. The SMILES string of the molecule is CC(=O)O.Cc1ccc(F)cc1NC(=O)CNC(=O)c1c(C)ccn(C2CCNCC2)c1=O. The number of piperidine rings is 1. The summed E-state index contributed by atoms with van der Waals surface area (Å²) in [5.41, 5.74) is 1.29. The number of nitrogens with one attached hydrogen (secondary N) is 3. The molecule has 3 rings (SSSR count). The average molecular weight is 461 g/mol. The molecule has 0 saturated carbocycles. The minimum Gasteiger partial charge on any atom is -0.481 e. The molecule has 0 bridgehead atoms. The van der Waals surface area contributed by atoms with E-state index in [1.54, 1.807) is 36.7 Å². The standard InChI is InChI=1S/C21H25FN4O3.C2H4O2/c1-13-3-4-15(22)11-17(13)25-18(27)12-24-20(28)19-14(2)7-10-26(21(19)29)16-5-8-23-9-6-16;1-2(3)4/h3-4,7,10-11,16,23H,5-6,8-9,12H2,1-2H3,(H,24,28)(H,25,27);1H3,(H,3,4). The zero-order valence-corrected chi connectivity index (χ0v) is 18.9. The summed E-state index contributed by atoms with van der Waals surface area (Å²) < 4.78 is 15.0. The third-order valence-corrected chi connectivity index (χ3v) is 5.14. The van der Waals surface area contributed by atoms with Crippen LogP contribution in [0.15, 0.2) is 35.3 Å². The van der Waals surface area contributed by atoms with Gasteiger partial charge in [-0.1, -0.05) is 6.07 Å². The summed E-state index contributed by atoms with van der Waals surface area (Å²) in [6, 6.07) is 5.87. The number of hydrogen-bond donors (Lipinski definition) is 4. The summed E-state index contributed by atoms with van der Waals surface area (Å²) in [6.45, 7) is 5.84. The van der Waals surface area contributed by atoms with Crippen LogP contribution in [0.2, 0.25) is 0 Å². The van der Waals surface area contributed by atoms with Crippen LogP contribution < -0.4 is 21.5 Å². The topological polar surface area (TPSA) is 130 Å². The number of nitrogens with zero attached hydrogens (tertiary/aromatic N) is 1. The first kappa shape index (κ1) is 25.7. The number of amides is 2. The van der Waals surface area contributed by atoms with Crippen molar-refractivity contribution in [3.8, 4) is 0 Å². The fourth-order valence-corrected chi connectivity index (χ4v) is 3.46.